The highest BCUT2D eigenvalue weighted by molar-refractivity contribution is 5.68. The smallest absolute Gasteiger partial charge is 0.119 e. The lowest BCUT2D eigenvalue weighted by molar-refractivity contribution is 0.414. The summed E-state index contributed by atoms with van der Waals surface area (Å²) in [7, 11) is 1.71. The van der Waals surface area contributed by atoms with Crippen LogP contribution >= 0.6 is 0 Å². The Kier molecular flexibility index (Phi) is 3.75. The molecule has 0 atom stereocenters. The molecule has 0 amide bonds. The first-order chi connectivity index (χ1) is 9.76. The molecule has 0 saturated heterocycles. The summed E-state index contributed by atoms with van der Waals surface area (Å²) in [5.74, 6) is 0.915. The van der Waals surface area contributed by atoms with Gasteiger partial charge in [0.2, 0.25) is 0 Å². The fraction of sp³-hybridized carbons (Fsp3) is 0.333. The number of rotatable bonds is 5. The van der Waals surface area contributed by atoms with Crippen LogP contribution in [0.25, 0.3) is 11.1 Å². The summed E-state index contributed by atoms with van der Waals surface area (Å²) in [6, 6.07) is 15.8. The Bertz CT molecular complexity index is 602. The third-order valence-corrected chi connectivity index (χ3v) is 3.84. The number of hydrogen-bond donors (Lipinski definition) is 1. The van der Waals surface area contributed by atoms with E-state index in [1.165, 1.54) is 35.1 Å². The second kappa shape index (κ2) is 5.68. The van der Waals surface area contributed by atoms with E-state index in [1.807, 2.05) is 6.07 Å². The lowest BCUT2D eigenvalue weighted by Crippen LogP contribution is -2.15. The molecule has 0 unspecified atom stereocenters. The van der Waals surface area contributed by atoms with Gasteiger partial charge >= 0.3 is 0 Å². The molecule has 20 heavy (non-hydrogen) atoms. The quantitative estimate of drug-likeness (QED) is 0.886. The van der Waals surface area contributed by atoms with Gasteiger partial charge in [0.15, 0.2) is 0 Å². The van der Waals surface area contributed by atoms with E-state index in [9.17, 15) is 0 Å². The predicted octanol–water partition coefficient (Wildman–Crippen LogP) is 3.92. The molecule has 2 heteroatoms. The molecule has 1 N–H and O–H groups in total. The van der Waals surface area contributed by atoms with Crippen LogP contribution < -0.4 is 10.1 Å². The summed E-state index contributed by atoms with van der Waals surface area (Å²) in [4.78, 5) is 0. The number of benzene rings is 2. The third kappa shape index (κ3) is 3.02. The van der Waals surface area contributed by atoms with E-state index in [4.69, 9.17) is 4.74 Å². The standard InChI is InChI=1S/C18H21NO/c1-13-10-17(20-2)8-9-18(13)15-5-3-4-14(11-15)12-19-16-6-7-16/h3-5,8-11,16,19H,6-7,12H2,1-2H3. The molecule has 1 aliphatic carbocycles. The number of aryl methyl sites for hydroxylation is 1. The molecule has 0 aliphatic heterocycles. The van der Waals surface area contributed by atoms with Crippen molar-refractivity contribution in [2.75, 3.05) is 7.11 Å². The first kappa shape index (κ1) is 13.2. The maximum absolute atomic E-state index is 5.27. The van der Waals surface area contributed by atoms with Crippen molar-refractivity contribution in [3.05, 3.63) is 53.6 Å². The molecule has 1 fully saturated rings. The van der Waals surface area contributed by atoms with Gasteiger partial charge in [-0.15, -0.1) is 0 Å². The van der Waals surface area contributed by atoms with Gasteiger partial charge in [0.05, 0.1) is 7.11 Å². The van der Waals surface area contributed by atoms with Crippen LogP contribution in [-0.4, -0.2) is 13.2 Å². The molecule has 0 radical (unpaired) electrons. The average molecular weight is 267 g/mol. The second-order valence-electron chi connectivity index (χ2n) is 5.54. The minimum absolute atomic E-state index is 0.751. The minimum atomic E-state index is 0.751. The van der Waals surface area contributed by atoms with Gasteiger partial charge in [-0.25, -0.2) is 0 Å². The van der Waals surface area contributed by atoms with Crippen molar-refractivity contribution in [3.63, 3.8) is 0 Å². The predicted molar refractivity (Wildman–Crippen MR) is 83.0 cm³/mol. The second-order valence-corrected chi connectivity index (χ2v) is 5.54. The zero-order valence-electron chi connectivity index (χ0n) is 12.1. The van der Waals surface area contributed by atoms with Crippen LogP contribution in [0.5, 0.6) is 5.75 Å². The van der Waals surface area contributed by atoms with Crippen molar-refractivity contribution in [1.82, 2.24) is 5.32 Å². The van der Waals surface area contributed by atoms with E-state index in [2.05, 4.69) is 48.6 Å². The lowest BCUT2D eigenvalue weighted by Gasteiger charge is -2.10. The maximum atomic E-state index is 5.27. The number of hydrogen-bond acceptors (Lipinski definition) is 2. The summed E-state index contributed by atoms with van der Waals surface area (Å²) < 4.78 is 5.27. The number of methoxy groups -OCH3 is 1. The highest BCUT2D eigenvalue weighted by atomic mass is 16.5. The van der Waals surface area contributed by atoms with Gasteiger partial charge in [-0.3, -0.25) is 0 Å². The van der Waals surface area contributed by atoms with Gasteiger partial charge in [0, 0.05) is 12.6 Å². The van der Waals surface area contributed by atoms with Crippen molar-refractivity contribution in [1.29, 1.82) is 0 Å². The summed E-state index contributed by atoms with van der Waals surface area (Å²) in [6.45, 7) is 3.10. The van der Waals surface area contributed by atoms with Crippen LogP contribution in [0.2, 0.25) is 0 Å². The van der Waals surface area contributed by atoms with Gasteiger partial charge in [-0.2, -0.15) is 0 Å². The molecule has 0 aromatic heterocycles. The molecule has 1 aliphatic rings. The Balaban J connectivity index is 1.83. The van der Waals surface area contributed by atoms with Crippen LogP contribution in [0.4, 0.5) is 0 Å². The van der Waals surface area contributed by atoms with Crippen LogP contribution in [0.3, 0.4) is 0 Å². The molecule has 2 nitrogen and oxygen atoms in total. The molecule has 3 rings (SSSR count). The fourth-order valence-electron chi connectivity index (χ4n) is 2.49. The first-order valence-electron chi connectivity index (χ1n) is 7.23. The molecule has 0 heterocycles. The van der Waals surface area contributed by atoms with Gasteiger partial charge in [-0.05, 0) is 60.2 Å². The zero-order valence-corrected chi connectivity index (χ0v) is 12.1. The Morgan fingerprint density at radius 3 is 2.70 bits per heavy atom. The van der Waals surface area contributed by atoms with Crippen LogP contribution in [0.15, 0.2) is 42.5 Å². The molecular formula is C18H21NO. The fourth-order valence-corrected chi connectivity index (χ4v) is 2.49. The van der Waals surface area contributed by atoms with E-state index >= 15 is 0 Å². The molecule has 2 aromatic rings. The molecule has 1 saturated carbocycles. The Morgan fingerprint density at radius 1 is 1.15 bits per heavy atom. The maximum Gasteiger partial charge on any atom is 0.119 e. The number of nitrogens with one attached hydrogen (secondary N) is 1. The van der Waals surface area contributed by atoms with Gasteiger partial charge in [0.1, 0.15) is 5.75 Å². The summed E-state index contributed by atoms with van der Waals surface area (Å²) in [5, 5.41) is 3.56. The molecule has 0 bridgehead atoms. The molecule has 2 aromatic carbocycles. The SMILES string of the molecule is COc1ccc(-c2cccc(CNC3CC3)c2)c(C)c1. The summed E-state index contributed by atoms with van der Waals surface area (Å²) >= 11 is 0. The van der Waals surface area contributed by atoms with Gasteiger partial charge in [0.25, 0.3) is 0 Å². The molecule has 0 spiro atoms. The first-order valence-corrected chi connectivity index (χ1v) is 7.23. The van der Waals surface area contributed by atoms with Crippen LogP contribution in [0, 0.1) is 6.92 Å². The number of ether oxygens (including phenoxy) is 1. The van der Waals surface area contributed by atoms with Crippen molar-refractivity contribution in [2.24, 2.45) is 0 Å². The van der Waals surface area contributed by atoms with Crippen molar-refractivity contribution >= 4 is 0 Å². The molecule has 104 valence electrons. The minimum Gasteiger partial charge on any atom is -0.497 e. The van der Waals surface area contributed by atoms with E-state index < -0.39 is 0 Å². The van der Waals surface area contributed by atoms with E-state index in [0.29, 0.717) is 0 Å². The third-order valence-electron chi connectivity index (χ3n) is 3.84. The summed E-state index contributed by atoms with van der Waals surface area (Å²) in [6.07, 6.45) is 2.66. The van der Waals surface area contributed by atoms with Gasteiger partial charge in [-0.1, -0.05) is 24.3 Å². The van der Waals surface area contributed by atoms with Crippen molar-refractivity contribution in [2.45, 2.75) is 32.4 Å². The highest BCUT2D eigenvalue weighted by Gasteiger charge is 2.19. The average Bonchev–Trinajstić information content (AvgIpc) is 3.29. The van der Waals surface area contributed by atoms with E-state index in [1.54, 1.807) is 7.11 Å². The van der Waals surface area contributed by atoms with Gasteiger partial charge < -0.3 is 10.1 Å². The Morgan fingerprint density at radius 2 is 2.00 bits per heavy atom. The lowest BCUT2D eigenvalue weighted by atomic mass is 9.98. The Hall–Kier alpha value is -1.80. The van der Waals surface area contributed by atoms with Crippen LogP contribution in [-0.2, 0) is 6.54 Å². The van der Waals surface area contributed by atoms with Crippen molar-refractivity contribution in [3.8, 4) is 16.9 Å². The summed E-state index contributed by atoms with van der Waals surface area (Å²) in [5.41, 5.74) is 5.15. The van der Waals surface area contributed by atoms with Crippen molar-refractivity contribution < 1.29 is 4.74 Å². The van der Waals surface area contributed by atoms with Crippen LogP contribution in [0.1, 0.15) is 24.0 Å². The van der Waals surface area contributed by atoms with E-state index in [0.717, 1.165) is 18.3 Å². The largest absolute Gasteiger partial charge is 0.497 e. The van der Waals surface area contributed by atoms with E-state index in [-0.39, 0.29) is 0 Å². The Labute approximate surface area is 120 Å². The molecular weight excluding hydrogens is 246 g/mol. The monoisotopic (exact) mass is 267 g/mol. The normalized spacial score (nSPS) is 14.3. The zero-order chi connectivity index (χ0) is 13.9. The highest BCUT2D eigenvalue weighted by Crippen LogP contribution is 2.27. The topological polar surface area (TPSA) is 21.3 Å².